The molecule has 0 saturated carbocycles. The van der Waals surface area contributed by atoms with E-state index in [-0.39, 0.29) is 0 Å². The minimum absolute atomic E-state index is 0.400. The average molecular weight is 256 g/mol. The van der Waals surface area contributed by atoms with Crippen LogP contribution in [0.15, 0.2) is 30.3 Å². The number of aryl methyl sites for hydroxylation is 2. The predicted molar refractivity (Wildman–Crippen MR) is 82.8 cm³/mol. The molecule has 0 radical (unpaired) electrons. The van der Waals surface area contributed by atoms with Crippen LogP contribution in [0.1, 0.15) is 50.7 Å². The van der Waals surface area contributed by atoms with Gasteiger partial charge in [-0.1, -0.05) is 51.0 Å². The van der Waals surface area contributed by atoms with Crippen LogP contribution in [-0.2, 0) is 12.8 Å². The molecular weight excluding hydrogens is 232 g/mol. The Morgan fingerprint density at radius 3 is 2.32 bits per heavy atom. The molecule has 0 atom stereocenters. The van der Waals surface area contributed by atoms with Crippen molar-refractivity contribution >= 4 is 10.8 Å². The third-order valence-corrected chi connectivity index (χ3v) is 3.83. The lowest BCUT2D eigenvalue weighted by Crippen LogP contribution is -1.97. The summed E-state index contributed by atoms with van der Waals surface area (Å²) >= 11 is 0. The lowest BCUT2D eigenvalue weighted by molar-refractivity contribution is 0.481. The van der Waals surface area contributed by atoms with Crippen LogP contribution >= 0.6 is 0 Å². The number of phenols is 1. The standard InChI is InChI=1S/C18H24O/c1-3-5-8-14-12-13-17-16(10-7-11-18(17)19)15(14)9-6-4-2/h7,10-13,19H,3-6,8-9H2,1-2H3. The molecule has 0 aliphatic rings. The van der Waals surface area contributed by atoms with Gasteiger partial charge in [0, 0.05) is 5.39 Å². The van der Waals surface area contributed by atoms with E-state index in [0.29, 0.717) is 5.75 Å². The molecule has 19 heavy (non-hydrogen) atoms. The van der Waals surface area contributed by atoms with Crippen molar-refractivity contribution in [2.75, 3.05) is 0 Å². The second-order valence-electron chi connectivity index (χ2n) is 5.28. The quantitative estimate of drug-likeness (QED) is 0.750. The van der Waals surface area contributed by atoms with E-state index >= 15 is 0 Å². The summed E-state index contributed by atoms with van der Waals surface area (Å²) in [7, 11) is 0. The third kappa shape index (κ3) is 3.09. The first-order chi connectivity index (χ1) is 9.27. The molecule has 0 aliphatic carbocycles. The summed E-state index contributed by atoms with van der Waals surface area (Å²) in [4.78, 5) is 0. The summed E-state index contributed by atoms with van der Waals surface area (Å²) in [5, 5.41) is 12.2. The van der Waals surface area contributed by atoms with Crippen molar-refractivity contribution in [3.63, 3.8) is 0 Å². The predicted octanol–water partition coefficient (Wildman–Crippen LogP) is 5.23. The fraction of sp³-hybridized carbons (Fsp3) is 0.444. The van der Waals surface area contributed by atoms with Crippen molar-refractivity contribution in [2.45, 2.75) is 52.4 Å². The molecule has 2 aromatic rings. The van der Waals surface area contributed by atoms with E-state index in [9.17, 15) is 5.11 Å². The maximum Gasteiger partial charge on any atom is 0.123 e. The van der Waals surface area contributed by atoms with Gasteiger partial charge in [-0.15, -0.1) is 0 Å². The summed E-state index contributed by atoms with van der Waals surface area (Å²) in [5.41, 5.74) is 2.91. The minimum atomic E-state index is 0.400. The number of rotatable bonds is 6. The molecule has 0 saturated heterocycles. The topological polar surface area (TPSA) is 20.2 Å². The zero-order chi connectivity index (χ0) is 13.7. The Morgan fingerprint density at radius 2 is 1.58 bits per heavy atom. The van der Waals surface area contributed by atoms with E-state index in [4.69, 9.17) is 0 Å². The Bertz CT molecular complexity index is 543. The van der Waals surface area contributed by atoms with Crippen LogP contribution in [-0.4, -0.2) is 5.11 Å². The second-order valence-corrected chi connectivity index (χ2v) is 5.28. The van der Waals surface area contributed by atoms with E-state index in [1.807, 2.05) is 6.07 Å². The molecule has 2 aromatic carbocycles. The zero-order valence-electron chi connectivity index (χ0n) is 12.1. The normalized spacial score (nSPS) is 11.1. The van der Waals surface area contributed by atoms with Crippen LogP contribution < -0.4 is 0 Å². The Morgan fingerprint density at radius 1 is 0.842 bits per heavy atom. The number of fused-ring (bicyclic) bond motifs is 1. The molecule has 0 heterocycles. The van der Waals surface area contributed by atoms with E-state index in [0.717, 1.165) is 18.2 Å². The monoisotopic (exact) mass is 256 g/mol. The molecule has 0 fully saturated rings. The van der Waals surface area contributed by atoms with Crippen LogP contribution in [0.5, 0.6) is 5.75 Å². The number of hydrogen-bond donors (Lipinski definition) is 1. The van der Waals surface area contributed by atoms with Crippen LogP contribution in [0.4, 0.5) is 0 Å². The number of unbranched alkanes of at least 4 members (excludes halogenated alkanes) is 2. The zero-order valence-corrected chi connectivity index (χ0v) is 12.1. The second kappa shape index (κ2) is 6.60. The van der Waals surface area contributed by atoms with Crippen LogP contribution in [0.25, 0.3) is 10.8 Å². The van der Waals surface area contributed by atoms with Crippen molar-refractivity contribution < 1.29 is 5.11 Å². The highest BCUT2D eigenvalue weighted by Crippen LogP contribution is 2.30. The Labute approximate surface area is 116 Å². The van der Waals surface area contributed by atoms with Crippen LogP contribution in [0, 0.1) is 0 Å². The summed E-state index contributed by atoms with van der Waals surface area (Å²) in [6.07, 6.45) is 7.17. The van der Waals surface area contributed by atoms with Crippen LogP contribution in [0.3, 0.4) is 0 Å². The first kappa shape index (κ1) is 13.9. The summed E-state index contributed by atoms with van der Waals surface area (Å²) in [6, 6.07) is 10.2. The Hall–Kier alpha value is -1.50. The van der Waals surface area contributed by atoms with Gasteiger partial charge in [-0.25, -0.2) is 0 Å². The van der Waals surface area contributed by atoms with Gasteiger partial charge >= 0.3 is 0 Å². The maximum absolute atomic E-state index is 9.99. The Balaban J connectivity index is 2.49. The minimum Gasteiger partial charge on any atom is -0.507 e. The highest BCUT2D eigenvalue weighted by Gasteiger charge is 2.09. The van der Waals surface area contributed by atoms with Gasteiger partial charge in [0.2, 0.25) is 0 Å². The SMILES string of the molecule is CCCCc1ccc2c(O)cccc2c1CCCC. The molecule has 0 amide bonds. The van der Waals surface area contributed by atoms with Crippen molar-refractivity contribution in [3.8, 4) is 5.75 Å². The van der Waals surface area contributed by atoms with E-state index < -0.39 is 0 Å². The summed E-state index contributed by atoms with van der Waals surface area (Å²) in [6.45, 7) is 4.47. The van der Waals surface area contributed by atoms with Crippen LogP contribution in [0.2, 0.25) is 0 Å². The molecule has 0 spiro atoms. The number of phenolic OH excluding ortho intramolecular Hbond substituents is 1. The molecule has 0 aromatic heterocycles. The highest BCUT2D eigenvalue weighted by molar-refractivity contribution is 5.91. The lowest BCUT2D eigenvalue weighted by Gasteiger charge is -2.13. The molecule has 1 heteroatoms. The van der Waals surface area contributed by atoms with Gasteiger partial charge in [0.15, 0.2) is 0 Å². The molecule has 102 valence electrons. The number of benzene rings is 2. The molecule has 0 aliphatic heterocycles. The number of aromatic hydroxyl groups is 1. The van der Waals surface area contributed by atoms with Crippen molar-refractivity contribution in [1.82, 2.24) is 0 Å². The highest BCUT2D eigenvalue weighted by atomic mass is 16.3. The van der Waals surface area contributed by atoms with Gasteiger partial charge in [0.25, 0.3) is 0 Å². The van der Waals surface area contributed by atoms with E-state index in [1.54, 1.807) is 6.07 Å². The van der Waals surface area contributed by atoms with Gasteiger partial charge in [-0.3, -0.25) is 0 Å². The largest absolute Gasteiger partial charge is 0.507 e. The number of hydrogen-bond acceptors (Lipinski definition) is 1. The van der Waals surface area contributed by atoms with Gasteiger partial charge in [0.05, 0.1) is 0 Å². The van der Waals surface area contributed by atoms with Crippen molar-refractivity contribution in [3.05, 3.63) is 41.5 Å². The van der Waals surface area contributed by atoms with E-state index in [1.165, 1.54) is 42.2 Å². The van der Waals surface area contributed by atoms with Crippen molar-refractivity contribution in [1.29, 1.82) is 0 Å². The molecule has 1 N–H and O–H groups in total. The molecular formula is C18H24O. The summed E-state index contributed by atoms with van der Waals surface area (Å²) in [5.74, 6) is 0.400. The van der Waals surface area contributed by atoms with Crippen molar-refractivity contribution in [2.24, 2.45) is 0 Å². The molecule has 0 unspecified atom stereocenters. The maximum atomic E-state index is 9.99. The smallest absolute Gasteiger partial charge is 0.123 e. The fourth-order valence-corrected chi connectivity index (χ4v) is 2.70. The summed E-state index contributed by atoms with van der Waals surface area (Å²) < 4.78 is 0. The molecule has 2 rings (SSSR count). The van der Waals surface area contributed by atoms with Gasteiger partial charge < -0.3 is 5.11 Å². The van der Waals surface area contributed by atoms with E-state index in [2.05, 4.69) is 32.0 Å². The molecule has 0 bridgehead atoms. The van der Waals surface area contributed by atoms with Gasteiger partial charge in [-0.05, 0) is 48.3 Å². The van der Waals surface area contributed by atoms with Gasteiger partial charge in [0.1, 0.15) is 5.75 Å². The lowest BCUT2D eigenvalue weighted by atomic mass is 9.92. The van der Waals surface area contributed by atoms with Gasteiger partial charge in [-0.2, -0.15) is 0 Å². The molecule has 1 nitrogen and oxygen atoms in total. The first-order valence-electron chi connectivity index (χ1n) is 7.50. The Kier molecular flexibility index (Phi) is 4.84. The average Bonchev–Trinajstić information content (AvgIpc) is 2.43. The fourth-order valence-electron chi connectivity index (χ4n) is 2.70. The first-order valence-corrected chi connectivity index (χ1v) is 7.50. The third-order valence-electron chi connectivity index (χ3n) is 3.83.